The number of benzene rings is 3. The van der Waals surface area contributed by atoms with Gasteiger partial charge in [0.2, 0.25) is 0 Å². The van der Waals surface area contributed by atoms with Crippen molar-refractivity contribution in [1.82, 2.24) is 9.78 Å². The summed E-state index contributed by atoms with van der Waals surface area (Å²) in [7, 11) is 0. The highest BCUT2D eigenvalue weighted by Crippen LogP contribution is 2.31. The second kappa shape index (κ2) is 7.51. The van der Waals surface area contributed by atoms with Gasteiger partial charge in [-0.25, -0.2) is 4.39 Å². The maximum atomic E-state index is 13.8. The number of carbonyl (C=O) groups excluding carboxylic acids is 1. The van der Waals surface area contributed by atoms with Crippen LogP contribution >= 0.6 is 0 Å². The summed E-state index contributed by atoms with van der Waals surface area (Å²) >= 11 is 0. The first kappa shape index (κ1) is 18.2. The van der Waals surface area contributed by atoms with Gasteiger partial charge in [0.15, 0.2) is 17.6 Å². The lowest BCUT2D eigenvalue weighted by atomic mass is 10.1. The van der Waals surface area contributed by atoms with Crippen molar-refractivity contribution >= 4 is 22.5 Å². The predicted octanol–water partition coefficient (Wildman–Crippen LogP) is 4.27. The molecule has 4 aromatic rings. The van der Waals surface area contributed by atoms with Crippen LogP contribution in [-0.4, -0.2) is 28.4 Å². The van der Waals surface area contributed by atoms with Crippen molar-refractivity contribution < 1.29 is 18.7 Å². The van der Waals surface area contributed by atoms with Crippen LogP contribution in [0.2, 0.25) is 0 Å². The van der Waals surface area contributed by atoms with Gasteiger partial charge in [-0.15, -0.1) is 0 Å². The van der Waals surface area contributed by atoms with Crippen LogP contribution in [0.15, 0.2) is 72.9 Å². The average Bonchev–Trinajstić information content (AvgIpc) is 3.16. The van der Waals surface area contributed by atoms with Crippen molar-refractivity contribution in [1.29, 1.82) is 0 Å². The van der Waals surface area contributed by atoms with Crippen molar-refractivity contribution in [3.8, 4) is 11.5 Å². The van der Waals surface area contributed by atoms with Gasteiger partial charge in [-0.3, -0.25) is 9.48 Å². The third kappa shape index (κ3) is 3.57. The van der Waals surface area contributed by atoms with E-state index in [1.807, 2.05) is 30.5 Å². The van der Waals surface area contributed by atoms with Crippen LogP contribution in [0.25, 0.3) is 10.9 Å². The van der Waals surface area contributed by atoms with Crippen LogP contribution in [0.3, 0.4) is 0 Å². The Morgan fingerprint density at radius 2 is 1.90 bits per heavy atom. The van der Waals surface area contributed by atoms with Gasteiger partial charge in [0.25, 0.3) is 5.91 Å². The van der Waals surface area contributed by atoms with Crippen LogP contribution < -0.4 is 14.8 Å². The fourth-order valence-electron chi connectivity index (χ4n) is 3.43. The molecule has 0 saturated heterocycles. The number of hydrogen-bond acceptors (Lipinski definition) is 4. The van der Waals surface area contributed by atoms with Crippen LogP contribution in [0.5, 0.6) is 11.5 Å². The Balaban J connectivity index is 1.32. The number of para-hydroxylation sites is 3. The van der Waals surface area contributed by atoms with E-state index in [4.69, 9.17) is 9.47 Å². The Kier molecular flexibility index (Phi) is 4.55. The molecule has 0 fully saturated rings. The molecular formula is C23H18FN3O3. The molecule has 0 radical (unpaired) electrons. The minimum Gasteiger partial charge on any atom is -0.486 e. The molecule has 3 aromatic carbocycles. The number of fused-ring (bicyclic) bond motifs is 2. The second-order valence-electron chi connectivity index (χ2n) is 7.06. The number of ether oxygens (including phenoxy) is 2. The quantitative estimate of drug-likeness (QED) is 0.553. The number of halogens is 1. The summed E-state index contributed by atoms with van der Waals surface area (Å²) in [6.07, 6.45) is 1.69. The van der Waals surface area contributed by atoms with Gasteiger partial charge in [0.1, 0.15) is 12.4 Å². The van der Waals surface area contributed by atoms with Crippen molar-refractivity contribution in [2.75, 3.05) is 11.9 Å². The first-order valence-corrected chi connectivity index (χ1v) is 9.57. The molecule has 0 spiro atoms. The van der Waals surface area contributed by atoms with E-state index in [1.54, 1.807) is 35.0 Å². The van der Waals surface area contributed by atoms with Gasteiger partial charge in [0, 0.05) is 17.1 Å². The number of hydrogen-bond donors (Lipinski definition) is 1. The number of aromatic nitrogens is 2. The highest BCUT2D eigenvalue weighted by molar-refractivity contribution is 6.06. The summed E-state index contributed by atoms with van der Waals surface area (Å²) in [5.74, 6) is 0.605. The lowest BCUT2D eigenvalue weighted by molar-refractivity contribution is 0.0760. The molecule has 6 nitrogen and oxygen atoms in total. The fourth-order valence-corrected chi connectivity index (χ4v) is 3.43. The number of rotatable bonds is 4. The highest BCUT2D eigenvalue weighted by atomic mass is 19.1. The van der Waals surface area contributed by atoms with Gasteiger partial charge in [0.05, 0.1) is 17.7 Å². The molecule has 1 unspecified atom stereocenters. The van der Waals surface area contributed by atoms with E-state index in [1.165, 1.54) is 12.1 Å². The Morgan fingerprint density at radius 3 is 2.77 bits per heavy atom. The zero-order valence-electron chi connectivity index (χ0n) is 15.9. The van der Waals surface area contributed by atoms with Gasteiger partial charge in [-0.1, -0.05) is 24.3 Å². The Hall–Kier alpha value is -3.87. The van der Waals surface area contributed by atoms with Crippen LogP contribution in [0, 0.1) is 5.82 Å². The standard InChI is InChI=1S/C23H18FN3O3/c24-18-5-1-2-6-20(18)25-23(28)15-9-10-19-16(11-15)12-27(26-19)13-17-14-29-21-7-3-4-8-22(21)30-17/h1-12,17H,13-14H2,(H,25,28). The first-order valence-electron chi connectivity index (χ1n) is 9.57. The molecule has 1 atom stereocenters. The van der Waals surface area contributed by atoms with E-state index in [0.29, 0.717) is 18.7 Å². The number of amides is 1. The van der Waals surface area contributed by atoms with Gasteiger partial charge < -0.3 is 14.8 Å². The molecular weight excluding hydrogens is 385 g/mol. The summed E-state index contributed by atoms with van der Waals surface area (Å²) < 4.78 is 27.3. The molecule has 0 saturated carbocycles. The molecule has 2 heterocycles. The molecule has 5 rings (SSSR count). The molecule has 1 aliphatic heterocycles. The Morgan fingerprint density at radius 1 is 1.10 bits per heavy atom. The summed E-state index contributed by atoms with van der Waals surface area (Å²) in [5, 5.41) is 7.96. The molecule has 30 heavy (non-hydrogen) atoms. The van der Waals surface area contributed by atoms with E-state index in [9.17, 15) is 9.18 Å². The normalized spacial score (nSPS) is 15.2. The summed E-state index contributed by atoms with van der Waals surface area (Å²) in [6.45, 7) is 0.948. The largest absolute Gasteiger partial charge is 0.486 e. The smallest absolute Gasteiger partial charge is 0.255 e. The Labute approximate surface area is 171 Å². The molecule has 7 heteroatoms. The molecule has 150 valence electrons. The van der Waals surface area contributed by atoms with E-state index in [0.717, 1.165) is 22.4 Å². The SMILES string of the molecule is O=C(Nc1ccccc1F)c1ccc2nn(CC3COc4ccccc4O3)cc2c1. The summed E-state index contributed by atoms with van der Waals surface area (Å²) in [6, 6.07) is 18.8. The van der Waals surface area contributed by atoms with Crippen molar-refractivity contribution in [3.05, 3.63) is 84.3 Å². The molecule has 0 aliphatic carbocycles. The number of carbonyl (C=O) groups is 1. The van der Waals surface area contributed by atoms with Crippen molar-refractivity contribution in [2.45, 2.75) is 12.6 Å². The van der Waals surface area contributed by atoms with E-state index >= 15 is 0 Å². The number of nitrogens with zero attached hydrogens (tertiary/aromatic N) is 2. The third-order valence-corrected chi connectivity index (χ3v) is 4.89. The Bertz CT molecular complexity index is 1240. The zero-order chi connectivity index (χ0) is 20.5. The summed E-state index contributed by atoms with van der Waals surface area (Å²) in [4.78, 5) is 12.5. The first-order chi connectivity index (χ1) is 14.7. The van der Waals surface area contributed by atoms with Crippen molar-refractivity contribution in [3.63, 3.8) is 0 Å². The molecule has 0 bridgehead atoms. The van der Waals surface area contributed by atoms with Gasteiger partial charge in [-0.2, -0.15) is 5.10 Å². The molecule has 1 aromatic heterocycles. The van der Waals surface area contributed by atoms with E-state index < -0.39 is 5.82 Å². The van der Waals surface area contributed by atoms with E-state index in [2.05, 4.69) is 10.4 Å². The molecule has 1 amide bonds. The van der Waals surface area contributed by atoms with Gasteiger partial charge in [-0.05, 0) is 42.5 Å². The van der Waals surface area contributed by atoms with Crippen LogP contribution in [0.4, 0.5) is 10.1 Å². The predicted molar refractivity (Wildman–Crippen MR) is 110 cm³/mol. The molecule has 1 aliphatic rings. The second-order valence-corrected chi connectivity index (χ2v) is 7.06. The lowest BCUT2D eigenvalue weighted by Crippen LogP contribution is -2.33. The number of nitrogens with one attached hydrogen (secondary N) is 1. The maximum absolute atomic E-state index is 13.8. The average molecular weight is 403 g/mol. The summed E-state index contributed by atoms with van der Waals surface area (Å²) in [5.41, 5.74) is 1.33. The third-order valence-electron chi connectivity index (χ3n) is 4.89. The fraction of sp³-hybridized carbons (Fsp3) is 0.130. The van der Waals surface area contributed by atoms with Gasteiger partial charge >= 0.3 is 0 Å². The lowest BCUT2D eigenvalue weighted by Gasteiger charge is -2.26. The highest BCUT2D eigenvalue weighted by Gasteiger charge is 2.21. The van der Waals surface area contributed by atoms with E-state index in [-0.39, 0.29) is 17.7 Å². The van der Waals surface area contributed by atoms with Crippen LogP contribution in [-0.2, 0) is 6.54 Å². The minimum atomic E-state index is -0.476. The van der Waals surface area contributed by atoms with Crippen molar-refractivity contribution in [2.24, 2.45) is 0 Å². The number of anilines is 1. The maximum Gasteiger partial charge on any atom is 0.255 e. The molecule has 1 N–H and O–H groups in total. The monoisotopic (exact) mass is 403 g/mol. The topological polar surface area (TPSA) is 65.4 Å². The zero-order valence-corrected chi connectivity index (χ0v) is 15.9. The van der Waals surface area contributed by atoms with Crippen LogP contribution in [0.1, 0.15) is 10.4 Å². The minimum absolute atomic E-state index is 0.146.